The molecule has 1 aliphatic rings. The van der Waals surface area contributed by atoms with Crippen molar-refractivity contribution < 1.29 is 9.18 Å². The number of benzene rings is 1. The molecule has 0 spiro atoms. The first-order valence-electron chi connectivity index (χ1n) is 7.04. The van der Waals surface area contributed by atoms with Crippen molar-refractivity contribution in [2.45, 2.75) is 25.7 Å². The third-order valence-corrected chi connectivity index (χ3v) is 3.34. The molecule has 20 heavy (non-hydrogen) atoms. The molecule has 1 fully saturated rings. The number of nitrogens with one attached hydrogen (secondary N) is 1. The lowest BCUT2D eigenvalue weighted by Crippen LogP contribution is -2.35. The molecule has 1 saturated heterocycles. The van der Waals surface area contributed by atoms with Gasteiger partial charge in [0, 0.05) is 0 Å². The Balaban J connectivity index is 1.75. The molecule has 5 heteroatoms. The van der Waals surface area contributed by atoms with Crippen molar-refractivity contribution >= 4 is 12.1 Å². The van der Waals surface area contributed by atoms with E-state index in [1.54, 1.807) is 12.1 Å². The minimum atomic E-state index is -0.285. The summed E-state index contributed by atoms with van der Waals surface area (Å²) >= 11 is 0. The monoisotopic (exact) mass is 277 g/mol. The van der Waals surface area contributed by atoms with Gasteiger partial charge in [0.25, 0.3) is 5.91 Å². The van der Waals surface area contributed by atoms with Crippen LogP contribution in [0.15, 0.2) is 29.4 Å². The first-order chi connectivity index (χ1) is 9.74. The average Bonchev–Trinajstić information content (AvgIpc) is 2.70. The van der Waals surface area contributed by atoms with Gasteiger partial charge in [-0.2, -0.15) is 5.10 Å². The second-order valence-electron chi connectivity index (χ2n) is 5.04. The molecular formula is C15H20FN3O. The highest BCUT2D eigenvalue weighted by Gasteiger charge is 2.12. The Labute approximate surface area is 118 Å². The molecule has 1 N–H and O–H groups in total. The first-order valence-corrected chi connectivity index (χ1v) is 7.04. The number of nitrogens with zero attached hydrogens (tertiary/aromatic N) is 2. The number of hydrogen-bond donors (Lipinski definition) is 1. The maximum Gasteiger partial charge on any atom is 0.254 e. The maximum absolute atomic E-state index is 12.7. The SMILES string of the molecule is O=C(CN1CCCCCC1)N/N=C\c1ccc(F)cc1. The first kappa shape index (κ1) is 14.7. The van der Waals surface area contributed by atoms with E-state index in [0.29, 0.717) is 6.54 Å². The van der Waals surface area contributed by atoms with E-state index in [1.807, 2.05) is 0 Å². The Morgan fingerprint density at radius 1 is 1.20 bits per heavy atom. The molecule has 1 aromatic rings. The highest BCUT2D eigenvalue weighted by atomic mass is 19.1. The summed E-state index contributed by atoms with van der Waals surface area (Å²) in [6, 6.07) is 5.94. The van der Waals surface area contributed by atoms with E-state index in [0.717, 1.165) is 31.5 Å². The molecule has 0 unspecified atom stereocenters. The standard InChI is InChI=1S/C15H20FN3O/c16-14-7-5-13(6-8-14)11-17-18-15(20)12-19-9-3-1-2-4-10-19/h5-8,11H,1-4,9-10,12H2,(H,18,20)/b17-11-. The number of carbonyl (C=O) groups excluding carboxylic acids is 1. The Morgan fingerprint density at radius 2 is 1.85 bits per heavy atom. The Hall–Kier alpha value is -1.75. The number of hydrogen-bond acceptors (Lipinski definition) is 3. The lowest BCUT2D eigenvalue weighted by Gasteiger charge is -2.17. The van der Waals surface area contributed by atoms with Crippen molar-refractivity contribution in [1.82, 2.24) is 10.3 Å². The number of carbonyl (C=O) groups is 1. The number of rotatable bonds is 4. The predicted octanol–water partition coefficient (Wildman–Crippen LogP) is 2.15. The zero-order valence-corrected chi connectivity index (χ0v) is 11.5. The van der Waals surface area contributed by atoms with E-state index in [4.69, 9.17) is 0 Å². The van der Waals surface area contributed by atoms with Crippen LogP contribution in [0.4, 0.5) is 4.39 Å². The van der Waals surface area contributed by atoms with Crippen molar-refractivity contribution in [3.8, 4) is 0 Å². The summed E-state index contributed by atoms with van der Waals surface area (Å²) in [5.41, 5.74) is 3.26. The largest absolute Gasteiger partial charge is 0.294 e. The normalized spacial score (nSPS) is 17.1. The Kier molecular flexibility index (Phi) is 5.68. The van der Waals surface area contributed by atoms with E-state index in [-0.39, 0.29) is 11.7 Å². The molecule has 2 rings (SSSR count). The van der Waals surface area contributed by atoms with Gasteiger partial charge in [0.2, 0.25) is 0 Å². The number of likely N-dealkylation sites (tertiary alicyclic amines) is 1. The molecule has 1 heterocycles. The van der Waals surface area contributed by atoms with Crippen molar-refractivity contribution in [2.24, 2.45) is 5.10 Å². The van der Waals surface area contributed by atoms with Crippen LogP contribution in [0.5, 0.6) is 0 Å². The minimum absolute atomic E-state index is 0.106. The zero-order chi connectivity index (χ0) is 14.2. The van der Waals surface area contributed by atoms with Crippen LogP contribution in [-0.4, -0.2) is 36.7 Å². The fraction of sp³-hybridized carbons (Fsp3) is 0.467. The van der Waals surface area contributed by atoms with Crippen LogP contribution in [0.2, 0.25) is 0 Å². The summed E-state index contributed by atoms with van der Waals surface area (Å²) in [6.45, 7) is 2.35. The van der Waals surface area contributed by atoms with Crippen LogP contribution < -0.4 is 5.43 Å². The molecule has 108 valence electrons. The highest BCUT2D eigenvalue weighted by Crippen LogP contribution is 2.08. The van der Waals surface area contributed by atoms with Gasteiger partial charge in [-0.1, -0.05) is 25.0 Å². The fourth-order valence-electron chi connectivity index (χ4n) is 2.26. The fourth-order valence-corrected chi connectivity index (χ4v) is 2.26. The van der Waals surface area contributed by atoms with Crippen molar-refractivity contribution in [2.75, 3.05) is 19.6 Å². The van der Waals surface area contributed by atoms with E-state index < -0.39 is 0 Å². The van der Waals surface area contributed by atoms with E-state index in [9.17, 15) is 9.18 Å². The summed E-state index contributed by atoms with van der Waals surface area (Å²) in [7, 11) is 0. The van der Waals surface area contributed by atoms with Gasteiger partial charge in [-0.3, -0.25) is 9.69 Å². The smallest absolute Gasteiger partial charge is 0.254 e. The van der Waals surface area contributed by atoms with Crippen molar-refractivity contribution in [3.05, 3.63) is 35.6 Å². The molecule has 4 nitrogen and oxygen atoms in total. The molecule has 0 aliphatic carbocycles. The predicted molar refractivity (Wildman–Crippen MR) is 77.0 cm³/mol. The number of halogens is 1. The quantitative estimate of drug-likeness (QED) is 0.677. The van der Waals surface area contributed by atoms with Gasteiger partial charge < -0.3 is 0 Å². The van der Waals surface area contributed by atoms with E-state index in [1.165, 1.54) is 31.2 Å². The van der Waals surface area contributed by atoms with Crippen LogP contribution in [0.1, 0.15) is 31.2 Å². The third kappa shape index (κ3) is 5.09. The summed E-state index contributed by atoms with van der Waals surface area (Å²) in [4.78, 5) is 13.9. The average molecular weight is 277 g/mol. The van der Waals surface area contributed by atoms with Crippen molar-refractivity contribution in [1.29, 1.82) is 0 Å². The lowest BCUT2D eigenvalue weighted by atomic mass is 10.2. The highest BCUT2D eigenvalue weighted by molar-refractivity contribution is 5.83. The van der Waals surface area contributed by atoms with Gasteiger partial charge in [-0.05, 0) is 43.6 Å². The van der Waals surface area contributed by atoms with Gasteiger partial charge in [-0.15, -0.1) is 0 Å². The second kappa shape index (κ2) is 7.75. The van der Waals surface area contributed by atoms with Gasteiger partial charge in [0.1, 0.15) is 5.82 Å². The van der Waals surface area contributed by atoms with Gasteiger partial charge >= 0.3 is 0 Å². The van der Waals surface area contributed by atoms with Gasteiger partial charge in [0.15, 0.2) is 0 Å². The number of hydrazone groups is 1. The Bertz CT molecular complexity index is 451. The summed E-state index contributed by atoms with van der Waals surface area (Å²) < 4.78 is 12.7. The summed E-state index contributed by atoms with van der Waals surface area (Å²) in [6.07, 6.45) is 6.33. The Morgan fingerprint density at radius 3 is 2.50 bits per heavy atom. The van der Waals surface area contributed by atoms with Gasteiger partial charge in [0.05, 0.1) is 12.8 Å². The lowest BCUT2D eigenvalue weighted by molar-refractivity contribution is -0.122. The van der Waals surface area contributed by atoms with Crippen LogP contribution in [0, 0.1) is 5.82 Å². The molecule has 0 radical (unpaired) electrons. The third-order valence-electron chi connectivity index (χ3n) is 3.34. The topological polar surface area (TPSA) is 44.7 Å². The molecule has 1 aromatic carbocycles. The van der Waals surface area contributed by atoms with E-state index >= 15 is 0 Å². The van der Waals surface area contributed by atoms with Crippen LogP contribution in [0.3, 0.4) is 0 Å². The molecule has 0 aromatic heterocycles. The maximum atomic E-state index is 12.7. The molecule has 0 saturated carbocycles. The molecule has 0 bridgehead atoms. The van der Waals surface area contributed by atoms with Gasteiger partial charge in [-0.25, -0.2) is 9.82 Å². The summed E-state index contributed by atoms with van der Waals surface area (Å²) in [5, 5.41) is 3.89. The molecule has 1 amide bonds. The van der Waals surface area contributed by atoms with Crippen molar-refractivity contribution in [3.63, 3.8) is 0 Å². The molecular weight excluding hydrogens is 257 g/mol. The van der Waals surface area contributed by atoms with Crippen LogP contribution >= 0.6 is 0 Å². The zero-order valence-electron chi connectivity index (χ0n) is 11.5. The molecule has 0 atom stereocenters. The van der Waals surface area contributed by atoms with E-state index in [2.05, 4.69) is 15.4 Å². The molecule has 1 aliphatic heterocycles. The summed E-state index contributed by atoms with van der Waals surface area (Å²) in [5.74, 6) is -0.391. The minimum Gasteiger partial charge on any atom is -0.294 e. The second-order valence-corrected chi connectivity index (χ2v) is 5.04. The van der Waals surface area contributed by atoms with Crippen LogP contribution in [0.25, 0.3) is 0 Å². The van der Waals surface area contributed by atoms with Crippen LogP contribution in [-0.2, 0) is 4.79 Å². The number of amides is 1.